The van der Waals surface area contributed by atoms with Gasteiger partial charge in [0.1, 0.15) is 0 Å². The predicted molar refractivity (Wildman–Crippen MR) is 192 cm³/mol. The molecule has 0 amide bonds. The third-order valence-electron chi connectivity index (χ3n) is 4.66. The SMILES string of the molecule is C1CCOC1.C[Si](C)(C)/N=C(/[N-][Si](C)(C)C)c1ccccc1.C[Si](C)(C)/N=C(/[N-][Si](C)(C)C)c1ccccc1.[B-].[Y+3]. The van der Waals surface area contributed by atoms with E-state index in [4.69, 9.17) is 24.0 Å². The summed E-state index contributed by atoms with van der Waals surface area (Å²) in [6.07, 6.45) is 2.56. The summed E-state index contributed by atoms with van der Waals surface area (Å²) in [5.41, 5.74) is 2.30. The van der Waals surface area contributed by atoms with Gasteiger partial charge in [-0.15, -0.1) is 0 Å². The summed E-state index contributed by atoms with van der Waals surface area (Å²) in [5.74, 6) is 1.92. The largest absolute Gasteiger partial charge is 3.00 e. The minimum Gasteiger partial charge on any atom is -1.00 e. The van der Waals surface area contributed by atoms with Gasteiger partial charge in [0.05, 0.1) is 0 Å². The number of rotatable bonds is 6. The molecular weight excluding hydrogens is 644 g/mol. The Morgan fingerprint density at radius 2 is 0.854 bits per heavy atom. The molecule has 4 radical (unpaired) electrons. The van der Waals surface area contributed by atoms with Gasteiger partial charge in [-0.1, -0.05) is 151 Å². The van der Waals surface area contributed by atoms with Crippen LogP contribution < -0.4 is 0 Å². The predicted octanol–water partition coefficient (Wildman–Crippen LogP) is 9.37. The van der Waals surface area contributed by atoms with Gasteiger partial charge in [-0.05, 0) is 24.0 Å². The summed E-state index contributed by atoms with van der Waals surface area (Å²) in [6.45, 7) is 28.9. The second-order valence-electron chi connectivity index (χ2n) is 13.8. The Labute approximate surface area is 284 Å². The van der Waals surface area contributed by atoms with Crippen LogP contribution in [0.3, 0.4) is 0 Å². The molecule has 3 rings (SSSR count). The quantitative estimate of drug-likeness (QED) is 0.169. The summed E-state index contributed by atoms with van der Waals surface area (Å²) in [5, 5.41) is 0. The topological polar surface area (TPSA) is 62.1 Å². The average Bonchev–Trinajstić information content (AvgIpc) is 3.37. The van der Waals surface area contributed by atoms with Crippen molar-refractivity contribution in [1.82, 2.24) is 0 Å². The zero-order valence-electron chi connectivity index (χ0n) is 28.0. The molecule has 1 aliphatic rings. The van der Waals surface area contributed by atoms with Crippen LogP contribution in [0.25, 0.3) is 9.96 Å². The molecule has 0 unspecified atom stereocenters. The fraction of sp³-hybridized carbons (Fsp3) is 0.533. The first-order chi connectivity index (χ1) is 17.8. The van der Waals surface area contributed by atoms with Gasteiger partial charge < -0.3 is 32.4 Å². The fourth-order valence-electron chi connectivity index (χ4n) is 3.26. The van der Waals surface area contributed by atoms with Gasteiger partial charge in [0.15, 0.2) is 0 Å². The Kier molecular flexibility index (Phi) is 20.3. The molecule has 2 aromatic rings. The summed E-state index contributed by atoms with van der Waals surface area (Å²) in [6, 6.07) is 20.7. The van der Waals surface area contributed by atoms with E-state index in [1.807, 2.05) is 12.1 Å². The maximum absolute atomic E-state index is 4.94. The molecule has 11 heteroatoms. The van der Waals surface area contributed by atoms with Gasteiger partial charge in [-0.3, -0.25) is 0 Å². The summed E-state index contributed by atoms with van der Waals surface area (Å²) >= 11 is 0. The van der Waals surface area contributed by atoms with Crippen LogP contribution in [-0.4, -0.2) is 66.2 Å². The van der Waals surface area contributed by atoms with Gasteiger partial charge in [-0.25, -0.2) is 0 Å². The third-order valence-corrected chi connectivity index (χ3v) is 8.19. The van der Waals surface area contributed by atoms with Crippen LogP contribution in [0.1, 0.15) is 24.0 Å². The molecule has 0 aromatic heterocycles. The maximum Gasteiger partial charge on any atom is 3.00 e. The third kappa shape index (κ3) is 23.5. The number of ether oxygens (including phenoxy) is 1. The van der Waals surface area contributed by atoms with Crippen molar-refractivity contribution in [1.29, 1.82) is 0 Å². The molecule has 41 heavy (non-hydrogen) atoms. The smallest absolute Gasteiger partial charge is 1.00 e. The van der Waals surface area contributed by atoms with Crippen LogP contribution in [0.5, 0.6) is 0 Å². The van der Waals surface area contributed by atoms with Crippen LogP contribution in [0, 0.1) is 0 Å². The Morgan fingerprint density at radius 1 is 0.561 bits per heavy atom. The molecular formula is C30H54BN4OSi4Y. The molecule has 1 saturated heterocycles. The molecule has 1 aliphatic heterocycles. The van der Waals surface area contributed by atoms with Gasteiger partial charge in [0, 0.05) is 46.2 Å². The second kappa shape index (κ2) is 19.6. The van der Waals surface area contributed by atoms with E-state index < -0.39 is 32.9 Å². The van der Waals surface area contributed by atoms with Crippen molar-refractivity contribution in [3.05, 3.63) is 81.8 Å². The van der Waals surface area contributed by atoms with Crippen LogP contribution in [-0.2, 0) is 37.4 Å². The summed E-state index contributed by atoms with van der Waals surface area (Å²) in [7, 11) is -5.95. The van der Waals surface area contributed by atoms with E-state index in [9.17, 15) is 0 Å². The van der Waals surface area contributed by atoms with Gasteiger partial charge >= 0.3 is 32.7 Å². The molecule has 0 aliphatic carbocycles. The molecule has 1 fully saturated rings. The Hall–Kier alpha value is -0.624. The van der Waals surface area contributed by atoms with E-state index in [1.165, 1.54) is 12.8 Å². The first-order valence-corrected chi connectivity index (χ1v) is 28.0. The van der Waals surface area contributed by atoms with Crippen LogP contribution in [0.15, 0.2) is 70.0 Å². The number of benzene rings is 2. The molecule has 0 atom stereocenters. The van der Waals surface area contributed by atoms with Crippen molar-refractivity contribution in [2.75, 3.05) is 13.2 Å². The zero-order valence-corrected chi connectivity index (χ0v) is 34.8. The molecule has 0 saturated carbocycles. The molecule has 1 heterocycles. The fourth-order valence-corrected chi connectivity index (χ4v) is 6.72. The van der Waals surface area contributed by atoms with Crippen molar-refractivity contribution in [3.63, 3.8) is 0 Å². The molecule has 2 aromatic carbocycles. The molecule has 222 valence electrons. The van der Waals surface area contributed by atoms with Crippen molar-refractivity contribution in [2.24, 2.45) is 9.32 Å². The average molecular weight is 699 g/mol. The van der Waals surface area contributed by atoms with Crippen LogP contribution in [0.2, 0.25) is 78.6 Å². The summed E-state index contributed by atoms with van der Waals surface area (Å²) in [4.78, 5) is 9.78. The Balaban J connectivity index is 0. The van der Waals surface area contributed by atoms with Gasteiger partial charge in [0.2, 0.25) is 0 Å². The van der Waals surface area contributed by atoms with Crippen molar-refractivity contribution < 1.29 is 37.4 Å². The van der Waals surface area contributed by atoms with Crippen LogP contribution >= 0.6 is 0 Å². The van der Waals surface area contributed by atoms with Crippen LogP contribution in [0.4, 0.5) is 0 Å². The minimum atomic E-state index is -1.49. The van der Waals surface area contributed by atoms with E-state index in [2.05, 4.69) is 127 Å². The zero-order chi connectivity index (χ0) is 29.7. The van der Waals surface area contributed by atoms with Gasteiger partial charge in [0.25, 0.3) is 0 Å². The van der Waals surface area contributed by atoms with Crippen molar-refractivity contribution >= 4 is 53.0 Å². The number of nitrogens with zero attached hydrogens (tertiary/aromatic N) is 4. The Bertz CT molecular complexity index is 940. The van der Waals surface area contributed by atoms with E-state index in [0.29, 0.717) is 0 Å². The normalized spacial score (nSPS) is 14.2. The molecule has 0 spiro atoms. The standard InChI is InChI=1S/2C13H23N2Si2.C4H8O.B.Y/c2*1-16(2,3)14-13(15-17(4,5)6)12-10-8-7-9-11-12;1-2-4-5-3-1;;/h2*7-11H,1-6H3;1-4H2;;/q2*-1;;-1;+3. The van der Waals surface area contributed by atoms with E-state index in [0.717, 1.165) is 36.0 Å². The second-order valence-corrected chi connectivity index (χ2v) is 32.1. The molecule has 5 nitrogen and oxygen atoms in total. The maximum atomic E-state index is 4.94. The van der Waals surface area contributed by atoms with Crippen molar-refractivity contribution in [3.8, 4) is 0 Å². The monoisotopic (exact) mass is 698 g/mol. The Morgan fingerprint density at radius 3 is 1.05 bits per heavy atom. The van der Waals surface area contributed by atoms with E-state index >= 15 is 0 Å². The number of hydrogen-bond acceptors (Lipinski definition) is 3. The van der Waals surface area contributed by atoms with E-state index in [-0.39, 0.29) is 41.1 Å². The number of amidine groups is 2. The van der Waals surface area contributed by atoms with Gasteiger partial charge in [-0.2, -0.15) is 0 Å². The summed E-state index contributed by atoms with van der Waals surface area (Å²) < 4.78 is 14.7. The minimum absolute atomic E-state index is 0. The molecule has 0 bridgehead atoms. The number of hydrogen-bond donors (Lipinski definition) is 0. The molecule has 0 N–H and O–H groups in total. The first kappa shape index (κ1) is 42.5. The van der Waals surface area contributed by atoms with E-state index in [1.54, 1.807) is 0 Å². The van der Waals surface area contributed by atoms with Crippen molar-refractivity contribution in [2.45, 2.75) is 91.4 Å². The first-order valence-electron chi connectivity index (χ1n) is 14.2.